The first kappa shape index (κ1) is 21.0. The second-order valence-electron chi connectivity index (χ2n) is 7.33. The van der Waals surface area contributed by atoms with Gasteiger partial charge in [0.2, 0.25) is 0 Å². The maximum atomic E-state index is 13.1. The number of piperidine rings is 1. The molecule has 2 aromatic rings. The van der Waals surface area contributed by atoms with E-state index in [-0.39, 0.29) is 11.9 Å². The predicted octanol–water partition coefficient (Wildman–Crippen LogP) is 4.73. The molecule has 1 unspecified atom stereocenters. The minimum atomic E-state index is 0.116. The fourth-order valence-corrected chi connectivity index (χ4v) is 3.96. The van der Waals surface area contributed by atoms with E-state index >= 15 is 0 Å². The third-order valence-electron chi connectivity index (χ3n) is 5.51. The molecule has 0 spiro atoms. The first-order chi connectivity index (χ1) is 14.2. The zero-order valence-electron chi connectivity index (χ0n) is 17.6. The van der Waals surface area contributed by atoms with Crippen LogP contribution in [0.5, 0.6) is 17.2 Å². The van der Waals surface area contributed by atoms with Gasteiger partial charge in [-0.15, -0.1) is 0 Å². The topological polar surface area (TPSA) is 48.0 Å². The van der Waals surface area contributed by atoms with Crippen LogP contribution >= 0.6 is 0 Å². The summed E-state index contributed by atoms with van der Waals surface area (Å²) in [5, 5.41) is 0. The smallest absolute Gasteiger partial charge is 0.254 e. The van der Waals surface area contributed by atoms with Crippen molar-refractivity contribution < 1.29 is 19.0 Å². The molecule has 5 heteroatoms. The molecule has 0 saturated carbocycles. The normalized spacial score (nSPS) is 16.4. The number of benzene rings is 2. The zero-order chi connectivity index (χ0) is 20.6. The lowest BCUT2D eigenvalue weighted by Gasteiger charge is -2.36. The van der Waals surface area contributed by atoms with Crippen molar-refractivity contribution in [2.24, 2.45) is 0 Å². The van der Waals surface area contributed by atoms with Crippen LogP contribution in [0.4, 0.5) is 0 Å². The second-order valence-corrected chi connectivity index (χ2v) is 7.33. The summed E-state index contributed by atoms with van der Waals surface area (Å²) < 4.78 is 16.2. The van der Waals surface area contributed by atoms with E-state index in [1.54, 1.807) is 14.2 Å². The standard InChI is InChI=1S/C24H31NO4/c1-4-29-21-13-10-19(11-14-21)24(26)25-16-6-5-7-20(25)12-8-18-9-15-22(27-2)23(17-18)28-3/h9-11,13-15,17,20H,4-8,12,16H2,1-3H3. The lowest BCUT2D eigenvalue weighted by molar-refractivity contribution is 0.0602. The summed E-state index contributed by atoms with van der Waals surface area (Å²) in [6.45, 7) is 3.40. The van der Waals surface area contributed by atoms with Crippen LogP contribution in [-0.2, 0) is 6.42 Å². The van der Waals surface area contributed by atoms with Crippen LogP contribution < -0.4 is 14.2 Å². The Bertz CT molecular complexity index is 803. The fraction of sp³-hybridized carbons (Fsp3) is 0.458. The Balaban J connectivity index is 1.67. The van der Waals surface area contributed by atoms with Gasteiger partial charge in [0, 0.05) is 18.2 Å². The molecule has 1 fully saturated rings. The van der Waals surface area contributed by atoms with Gasteiger partial charge in [-0.2, -0.15) is 0 Å². The fourth-order valence-electron chi connectivity index (χ4n) is 3.96. The number of ether oxygens (including phenoxy) is 3. The molecule has 0 bridgehead atoms. The van der Waals surface area contributed by atoms with Crippen LogP contribution in [0.25, 0.3) is 0 Å². The molecule has 1 aliphatic rings. The van der Waals surface area contributed by atoms with Gasteiger partial charge in [0.1, 0.15) is 5.75 Å². The maximum Gasteiger partial charge on any atom is 0.254 e. The number of likely N-dealkylation sites (tertiary alicyclic amines) is 1. The number of hydrogen-bond acceptors (Lipinski definition) is 4. The molecule has 156 valence electrons. The van der Waals surface area contributed by atoms with E-state index in [1.165, 1.54) is 12.0 Å². The summed E-state index contributed by atoms with van der Waals surface area (Å²) >= 11 is 0. The van der Waals surface area contributed by atoms with Crippen LogP contribution in [0.3, 0.4) is 0 Å². The molecular formula is C24H31NO4. The van der Waals surface area contributed by atoms with Crippen LogP contribution in [-0.4, -0.2) is 44.2 Å². The van der Waals surface area contributed by atoms with Gasteiger partial charge in [-0.1, -0.05) is 6.07 Å². The van der Waals surface area contributed by atoms with Crippen molar-refractivity contribution in [3.05, 3.63) is 53.6 Å². The molecule has 0 aliphatic carbocycles. The molecule has 1 atom stereocenters. The van der Waals surface area contributed by atoms with Crippen molar-refractivity contribution in [3.8, 4) is 17.2 Å². The van der Waals surface area contributed by atoms with Crippen molar-refractivity contribution in [3.63, 3.8) is 0 Å². The minimum Gasteiger partial charge on any atom is -0.494 e. The highest BCUT2D eigenvalue weighted by Crippen LogP contribution is 2.29. The Labute approximate surface area is 173 Å². The van der Waals surface area contributed by atoms with Crippen molar-refractivity contribution >= 4 is 5.91 Å². The molecule has 0 aromatic heterocycles. The number of carbonyl (C=O) groups is 1. The van der Waals surface area contributed by atoms with Gasteiger partial charge in [-0.25, -0.2) is 0 Å². The Morgan fingerprint density at radius 2 is 1.79 bits per heavy atom. The lowest BCUT2D eigenvalue weighted by atomic mass is 9.95. The molecule has 1 saturated heterocycles. The number of nitrogens with zero attached hydrogens (tertiary/aromatic N) is 1. The first-order valence-corrected chi connectivity index (χ1v) is 10.4. The SMILES string of the molecule is CCOc1ccc(C(=O)N2CCCCC2CCc2ccc(OC)c(OC)c2)cc1. The number of hydrogen-bond donors (Lipinski definition) is 0. The van der Waals surface area contributed by atoms with Crippen LogP contribution in [0, 0.1) is 0 Å². The molecule has 3 rings (SSSR count). The number of aryl methyl sites for hydroxylation is 1. The molecule has 0 radical (unpaired) electrons. The molecule has 2 aromatic carbocycles. The van der Waals surface area contributed by atoms with Gasteiger partial charge in [0.15, 0.2) is 11.5 Å². The summed E-state index contributed by atoms with van der Waals surface area (Å²) in [6.07, 6.45) is 5.13. The third-order valence-corrected chi connectivity index (χ3v) is 5.51. The summed E-state index contributed by atoms with van der Waals surface area (Å²) in [6, 6.07) is 13.8. The molecule has 1 aliphatic heterocycles. The van der Waals surface area contributed by atoms with E-state index in [0.29, 0.717) is 6.61 Å². The average molecular weight is 398 g/mol. The van der Waals surface area contributed by atoms with Crippen molar-refractivity contribution in [1.82, 2.24) is 4.90 Å². The Morgan fingerprint density at radius 3 is 2.48 bits per heavy atom. The number of methoxy groups -OCH3 is 2. The van der Waals surface area contributed by atoms with Gasteiger partial charge in [-0.05, 0) is 81.0 Å². The quantitative estimate of drug-likeness (QED) is 0.646. The number of rotatable bonds is 8. The monoisotopic (exact) mass is 397 g/mol. The van der Waals surface area contributed by atoms with Crippen LogP contribution in [0.15, 0.2) is 42.5 Å². The van der Waals surface area contributed by atoms with Gasteiger partial charge >= 0.3 is 0 Å². The Hall–Kier alpha value is -2.69. The van der Waals surface area contributed by atoms with E-state index in [4.69, 9.17) is 14.2 Å². The Kier molecular flexibility index (Phi) is 7.39. The molecule has 1 heterocycles. The van der Waals surface area contributed by atoms with Crippen molar-refractivity contribution in [2.75, 3.05) is 27.4 Å². The van der Waals surface area contributed by atoms with Gasteiger partial charge < -0.3 is 19.1 Å². The lowest BCUT2D eigenvalue weighted by Crippen LogP contribution is -2.44. The van der Waals surface area contributed by atoms with Gasteiger partial charge in [0.05, 0.1) is 20.8 Å². The van der Waals surface area contributed by atoms with Gasteiger partial charge in [0.25, 0.3) is 5.91 Å². The summed E-state index contributed by atoms with van der Waals surface area (Å²) in [5.41, 5.74) is 1.92. The first-order valence-electron chi connectivity index (χ1n) is 10.4. The number of amides is 1. The highest BCUT2D eigenvalue weighted by atomic mass is 16.5. The van der Waals surface area contributed by atoms with E-state index < -0.39 is 0 Å². The highest BCUT2D eigenvalue weighted by molar-refractivity contribution is 5.94. The molecule has 0 N–H and O–H groups in total. The van der Waals surface area contributed by atoms with Crippen LogP contribution in [0.1, 0.15) is 48.5 Å². The van der Waals surface area contributed by atoms with Crippen molar-refractivity contribution in [2.45, 2.75) is 45.1 Å². The minimum absolute atomic E-state index is 0.116. The maximum absolute atomic E-state index is 13.1. The molecule has 5 nitrogen and oxygen atoms in total. The largest absolute Gasteiger partial charge is 0.494 e. The molecule has 1 amide bonds. The Morgan fingerprint density at radius 1 is 1.03 bits per heavy atom. The van der Waals surface area contributed by atoms with Crippen LogP contribution in [0.2, 0.25) is 0 Å². The summed E-state index contributed by atoms with van der Waals surface area (Å²) in [4.78, 5) is 15.2. The highest BCUT2D eigenvalue weighted by Gasteiger charge is 2.27. The van der Waals surface area contributed by atoms with E-state index in [9.17, 15) is 4.79 Å². The average Bonchev–Trinajstić information content (AvgIpc) is 2.78. The predicted molar refractivity (Wildman–Crippen MR) is 114 cm³/mol. The van der Waals surface area contributed by atoms with Crippen molar-refractivity contribution in [1.29, 1.82) is 0 Å². The molecular weight excluding hydrogens is 366 g/mol. The number of carbonyl (C=O) groups excluding carboxylic acids is 1. The van der Waals surface area contributed by atoms with E-state index in [1.807, 2.05) is 43.3 Å². The summed E-state index contributed by atoms with van der Waals surface area (Å²) in [5.74, 6) is 2.40. The van der Waals surface area contributed by atoms with E-state index in [2.05, 4.69) is 11.0 Å². The second kappa shape index (κ2) is 10.2. The molecule has 29 heavy (non-hydrogen) atoms. The zero-order valence-corrected chi connectivity index (χ0v) is 17.6. The van der Waals surface area contributed by atoms with E-state index in [0.717, 1.165) is 55.0 Å². The third kappa shape index (κ3) is 5.22. The summed E-state index contributed by atoms with van der Waals surface area (Å²) in [7, 11) is 3.30. The van der Waals surface area contributed by atoms with Gasteiger partial charge in [-0.3, -0.25) is 4.79 Å².